The second-order valence-corrected chi connectivity index (χ2v) is 8.87. The molecule has 0 spiro atoms. The van der Waals surface area contributed by atoms with Gasteiger partial charge >= 0.3 is 0 Å². The van der Waals surface area contributed by atoms with E-state index in [9.17, 15) is 10.2 Å². The first-order chi connectivity index (χ1) is 12.8. The van der Waals surface area contributed by atoms with E-state index in [4.69, 9.17) is 9.72 Å². The molecule has 0 bridgehead atoms. The molecule has 5 heteroatoms. The summed E-state index contributed by atoms with van der Waals surface area (Å²) in [6.45, 7) is 4.30. The average molecular weight is 424 g/mol. The van der Waals surface area contributed by atoms with E-state index < -0.39 is 0 Å². The number of benzene rings is 2. The number of allylic oxidation sites excluding steroid dienone is 4. The first-order valence-electron chi connectivity index (χ1n) is 8.88. The predicted octanol–water partition coefficient (Wildman–Crippen LogP) is 5.74. The lowest BCUT2D eigenvalue weighted by Crippen LogP contribution is -2.20. The minimum absolute atomic E-state index is 0.00663. The van der Waals surface area contributed by atoms with Gasteiger partial charge in [-0.2, -0.15) is 0 Å². The van der Waals surface area contributed by atoms with Gasteiger partial charge in [0.15, 0.2) is 11.5 Å². The van der Waals surface area contributed by atoms with Crippen LogP contribution in [0.3, 0.4) is 0 Å². The summed E-state index contributed by atoms with van der Waals surface area (Å²) in [5.74, 6) is 0.780. The van der Waals surface area contributed by atoms with Crippen molar-refractivity contribution in [3.05, 3.63) is 57.8 Å². The number of fused-ring (bicyclic) bond motifs is 4. The average Bonchev–Trinajstić information content (AvgIpc) is 2.63. The van der Waals surface area contributed by atoms with Crippen molar-refractivity contribution in [2.45, 2.75) is 26.7 Å². The van der Waals surface area contributed by atoms with Crippen molar-refractivity contribution in [1.82, 2.24) is 4.98 Å². The van der Waals surface area contributed by atoms with Crippen LogP contribution in [0.5, 0.6) is 17.2 Å². The maximum atomic E-state index is 10.6. The number of ether oxygens (including phenoxy) is 1. The zero-order valence-electron chi connectivity index (χ0n) is 15.0. The molecular weight excluding hydrogens is 406 g/mol. The highest BCUT2D eigenvalue weighted by molar-refractivity contribution is 9.10. The van der Waals surface area contributed by atoms with Crippen LogP contribution in [0.1, 0.15) is 25.8 Å². The van der Waals surface area contributed by atoms with Crippen LogP contribution in [0.15, 0.2) is 52.2 Å². The van der Waals surface area contributed by atoms with Crippen molar-refractivity contribution < 1.29 is 14.9 Å². The summed E-state index contributed by atoms with van der Waals surface area (Å²) in [5, 5.41) is 22.7. The number of halogens is 1. The highest BCUT2D eigenvalue weighted by Crippen LogP contribution is 2.51. The number of aromatic nitrogens is 1. The second kappa shape index (κ2) is 5.49. The lowest BCUT2D eigenvalue weighted by Gasteiger charge is -2.32. The minimum Gasteiger partial charge on any atom is -0.504 e. The summed E-state index contributed by atoms with van der Waals surface area (Å²) in [7, 11) is 0. The van der Waals surface area contributed by atoms with Crippen molar-refractivity contribution in [1.29, 1.82) is 0 Å². The largest absolute Gasteiger partial charge is 0.504 e. The smallest absolute Gasteiger partial charge is 0.202 e. The minimum atomic E-state index is -0.215. The second-order valence-electron chi connectivity index (χ2n) is 7.95. The molecule has 4 nitrogen and oxygen atoms in total. The van der Waals surface area contributed by atoms with Crippen LogP contribution in [0, 0.1) is 5.41 Å². The first kappa shape index (κ1) is 16.6. The molecule has 0 atom stereocenters. The van der Waals surface area contributed by atoms with Gasteiger partial charge in [0.25, 0.3) is 0 Å². The summed E-state index contributed by atoms with van der Waals surface area (Å²) in [6, 6.07) is 7.69. The van der Waals surface area contributed by atoms with Gasteiger partial charge in [-0.3, -0.25) is 0 Å². The molecule has 3 aromatic rings. The van der Waals surface area contributed by atoms with Crippen molar-refractivity contribution in [2.24, 2.45) is 5.41 Å². The summed E-state index contributed by atoms with van der Waals surface area (Å²) in [5.41, 5.74) is 3.42. The number of nitrogens with zero attached hydrogens (tertiary/aromatic N) is 1. The molecule has 0 unspecified atom stereocenters. The molecule has 2 N–H and O–H groups in total. The molecule has 0 fully saturated rings. The van der Waals surface area contributed by atoms with E-state index in [2.05, 4.69) is 41.9 Å². The van der Waals surface area contributed by atoms with E-state index in [1.165, 1.54) is 0 Å². The standard InChI is InChI=1S/C22H18BrNO3/c1-22(2)6-5-11-8-15-18-14(9-12-7-13(23)3-4-16(12)24-18)19(25)20(26)21(15)27-17(11)10-22/h3-7,9,25-26H,8,10H2,1-2H3. The Morgan fingerprint density at radius 2 is 1.96 bits per heavy atom. The lowest BCUT2D eigenvalue weighted by atomic mass is 9.80. The molecule has 0 amide bonds. The predicted molar refractivity (Wildman–Crippen MR) is 109 cm³/mol. The third kappa shape index (κ3) is 2.52. The van der Waals surface area contributed by atoms with Gasteiger partial charge in [0, 0.05) is 33.7 Å². The molecule has 0 radical (unpaired) electrons. The van der Waals surface area contributed by atoms with Gasteiger partial charge in [-0.15, -0.1) is 0 Å². The van der Waals surface area contributed by atoms with Gasteiger partial charge in [0.2, 0.25) is 5.75 Å². The Labute approximate surface area is 164 Å². The van der Waals surface area contributed by atoms with E-state index >= 15 is 0 Å². The molecule has 136 valence electrons. The normalized spacial score (nSPS) is 17.7. The Morgan fingerprint density at radius 1 is 1.15 bits per heavy atom. The van der Waals surface area contributed by atoms with Gasteiger partial charge in [0.1, 0.15) is 5.76 Å². The van der Waals surface area contributed by atoms with Gasteiger partial charge in [-0.1, -0.05) is 41.9 Å². The third-order valence-corrected chi connectivity index (χ3v) is 5.83. The number of hydrogen-bond acceptors (Lipinski definition) is 4. The number of aromatic hydroxyl groups is 2. The number of phenolic OH excluding ortho intramolecular Hbond substituents is 2. The van der Waals surface area contributed by atoms with E-state index in [1.807, 2.05) is 24.3 Å². The summed E-state index contributed by atoms with van der Waals surface area (Å²) >= 11 is 3.46. The van der Waals surface area contributed by atoms with Gasteiger partial charge < -0.3 is 14.9 Å². The Morgan fingerprint density at radius 3 is 2.78 bits per heavy atom. The van der Waals surface area contributed by atoms with E-state index in [0.717, 1.165) is 38.7 Å². The van der Waals surface area contributed by atoms with Crippen molar-refractivity contribution in [2.75, 3.05) is 0 Å². The number of phenols is 2. The molecule has 2 aromatic carbocycles. The molecule has 1 aliphatic heterocycles. The van der Waals surface area contributed by atoms with Crippen LogP contribution in [0.25, 0.3) is 21.8 Å². The van der Waals surface area contributed by atoms with Crippen LogP contribution >= 0.6 is 15.9 Å². The lowest BCUT2D eigenvalue weighted by molar-refractivity contribution is 0.302. The number of rotatable bonds is 0. The maximum Gasteiger partial charge on any atom is 0.202 e. The zero-order valence-corrected chi connectivity index (χ0v) is 16.6. The first-order valence-corrected chi connectivity index (χ1v) is 9.67. The fourth-order valence-corrected chi connectivity index (χ4v) is 4.27. The molecule has 0 saturated carbocycles. The quantitative estimate of drug-likeness (QED) is 0.357. The topological polar surface area (TPSA) is 62.6 Å². The van der Waals surface area contributed by atoms with Gasteiger partial charge in [0.05, 0.1) is 11.0 Å². The fourth-order valence-electron chi connectivity index (χ4n) is 3.90. The summed E-state index contributed by atoms with van der Waals surface area (Å²) in [4.78, 5) is 4.78. The highest BCUT2D eigenvalue weighted by atomic mass is 79.9. The molecular formula is C22H18BrNO3. The van der Waals surface area contributed by atoms with Crippen LogP contribution < -0.4 is 4.74 Å². The number of pyridine rings is 1. The molecule has 0 saturated heterocycles. The van der Waals surface area contributed by atoms with Crippen LogP contribution in [0.2, 0.25) is 0 Å². The Balaban J connectivity index is 1.77. The molecule has 27 heavy (non-hydrogen) atoms. The van der Waals surface area contributed by atoms with Gasteiger partial charge in [-0.05, 0) is 35.3 Å². The van der Waals surface area contributed by atoms with E-state index in [1.54, 1.807) is 0 Å². The Hall–Kier alpha value is -2.53. The van der Waals surface area contributed by atoms with E-state index in [-0.39, 0.29) is 16.9 Å². The van der Waals surface area contributed by atoms with Crippen molar-refractivity contribution >= 4 is 37.7 Å². The molecule has 1 aromatic heterocycles. The summed E-state index contributed by atoms with van der Waals surface area (Å²) < 4.78 is 7.03. The molecule has 2 aliphatic rings. The van der Waals surface area contributed by atoms with Crippen LogP contribution in [0.4, 0.5) is 0 Å². The summed E-state index contributed by atoms with van der Waals surface area (Å²) in [6.07, 6.45) is 5.69. The van der Waals surface area contributed by atoms with E-state index in [0.29, 0.717) is 23.1 Å². The fraction of sp³-hybridized carbons (Fsp3) is 0.227. The third-order valence-electron chi connectivity index (χ3n) is 5.33. The number of hydrogen-bond donors (Lipinski definition) is 2. The van der Waals surface area contributed by atoms with Crippen LogP contribution in [-0.2, 0) is 6.42 Å². The van der Waals surface area contributed by atoms with Crippen LogP contribution in [-0.4, -0.2) is 15.2 Å². The zero-order chi connectivity index (χ0) is 18.9. The SMILES string of the molecule is CC1(C)C=CC2=C(C1)Oc1c(O)c(O)c3cc4cc(Br)ccc4nc3c1C2. The monoisotopic (exact) mass is 423 g/mol. The Bertz CT molecular complexity index is 1210. The van der Waals surface area contributed by atoms with Crippen molar-refractivity contribution in [3.8, 4) is 17.2 Å². The maximum absolute atomic E-state index is 10.6. The van der Waals surface area contributed by atoms with Gasteiger partial charge in [-0.25, -0.2) is 4.98 Å². The highest BCUT2D eigenvalue weighted by Gasteiger charge is 2.32. The Kier molecular flexibility index (Phi) is 3.38. The van der Waals surface area contributed by atoms with Crippen molar-refractivity contribution in [3.63, 3.8) is 0 Å². The molecule has 2 heterocycles. The molecule has 5 rings (SSSR count). The molecule has 1 aliphatic carbocycles.